The monoisotopic (exact) mass is 389 g/mol. The first-order chi connectivity index (χ1) is 9.88. The Kier molecular flexibility index (Phi) is 5.19. The van der Waals surface area contributed by atoms with Crippen molar-refractivity contribution >= 4 is 50.6 Å². The number of anilines is 2. The van der Waals surface area contributed by atoms with Crippen molar-refractivity contribution in [2.24, 2.45) is 0 Å². The number of nitrogens with zero attached hydrogens (tertiary/aromatic N) is 3. The van der Waals surface area contributed by atoms with Crippen LogP contribution in [0, 0.1) is 5.82 Å². The lowest BCUT2D eigenvalue weighted by molar-refractivity contribution is 0.628. The molecule has 0 N–H and O–H groups in total. The molecule has 21 heavy (non-hydrogen) atoms. The largest absolute Gasteiger partial charge is 0.321 e. The topological polar surface area (TPSA) is 29.0 Å². The third kappa shape index (κ3) is 3.93. The second-order valence-corrected chi connectivity index (χ2v) is 5.93. The second kappa shape index (κ2) is 6.73. The summed E-state index contributed by atoms with van der Waals surface area (Å²) in [4.78, 5) is 9.89. The predicted molar refractivity (Wildman–Crippen MR) is 88.0 cm³/mol. The molecule has 0 unspecified atom stereocenters. The third-order valence-electron chi connectivity index (χ3n) is 2.59. The molecule has 0 saturated carbocycles. The lowest BCUT2D eigenvalue weighted by Gasteiger charge is -2.25. The molecule has 0 aliphatic rings. The zero-order valence-electron chi connectivity index (χ0n) is 11.1. The molecular formula is C14H11BrCl2FN3. The molecule has 3 nitrogen and oxygen atoms in total. The predicted octanol–water partition coefficient (Wildman–Crippen LogP) is 5.40. The van der Waals surface area contributed by atoms with Gasteiger partial charge in [-0.25, -0.2) is 9.37 Å². The molecular weight excluding hydrogens is 380 g/mol. The Labute approximate surface area is 140 Å². The van der Waals surface area contributed by atoms with E-state index in [2.05, 4.69) is 32.5 Å². The zero-order valence-corrected chi connectivity index (χ0v) is 14.2. The Balaban J connectivity index is 2.55. The molecule has 2 rings (SSSR count). The standard InChI is InChI=1S/C14H11BrCl2FN3/c1-8(2)7-21(10-5-3-9(18)4-6-10)13-11(15)12(16)19-14(17)20-13/h3-6H,1,7H2,2H3. The Morgan fingerprint density at radius 3 is 2.48 bits per heavy atom. The highest BCUT2D eigenvalue weighted by atomic mass is 79.9. The summed E-state index contributed by atoms with van der Waals surface area (Å²) < 4.78 is 13.6. The van der Waals surface area contributed by atoms with Crippen LogP contribution >= 0.6 is 39.1 Å². The highest BCUT2D eigenvalue weighted by molar-refractivity contribution is 9.10. The lowest BCUT2D eigenvalue weighted by Crippen LogP contribution is -2.21. The van der Waals surface area contributed by atoms with E-state index in [-0.39, 0.29) is 16.3 Å². The number of rotatable bonds is 4. The highest BCUT2D eigenvalue weighted by Gasteiger charge is 2.18. The maximum absolute atomic E-state index is 13.1. The molecule has 0 saturated heterocycles. The van der Waals surface area contributed by atoms with Crippen LogP contribution in [0.5, 0.6) is 0 Å². The van der Waals surface area contributed by atoms with Crippen LogP contribution in [0.4, 0.5) is 15.9 Å². The van der Waals surface area contributed by atoms with Crippen molar-refractivity contribution in [3.8, 4) is 0 Å². The van der Waals surface area contributed by atoms with E-state index in [9.17, 15) is 4.39 Å². The van der Waals surface area contributed by atoms with Crippen molar-refractivity contribution in [2.45, 2.75) is 6.92 Å². The van der Waals surface area contributed by atoms with E-state index in [0.717, 1.165) is 11.3 Å². The molecule has 1 aromatic heterocycles. The van der Waals surface area contributed by atoms with Gasteiger partial charge in [0.15, 0.2) is 5.82 Å². The first kappa shape index (κ1) is 16.2. The zero-order chi connectivity index (χ0) is 15.6. The van der Waals surface area contributed by atoms with E-state index in [1.165, 1.54) is 12.1 Å². The van der Waals surface area contributed by atoms with Gasteiger partial charge in [0.2, 0.25) is 5.28 Å². The minimum Gasteiger partial charge on any atom is -0.321 e. The van der Waals surface area contributed by atoms with Gasteiger partial charge in [-0.2, -0.15) is 4.98 Å². The fourth-order valence-electron chi connectivity index (χ4n) is 1.74. The van der Waals surface area contributed by atoms with Crippen LogP contribution in [-0.2, 0) is 0 Å². The van der Waals surface area contributed by atoms with Crippen LogP contribution < -0.4 is 4.90 Å². The molecule has 1 heterocycles. The maximum atomic E-state index is 13.1. The first-order valence-corrected chi connectivity index (χ1v) is 7.49. The van der Waals surface area contributed by atoms with Gasteiger partial charge < -0.3 is 4.90 Å². The van der Waals surface area contributed by atoms with E-state index in [0.29, 0.717) is 16.8 Å². The van der Waals surface area contributed by atoms with E-state index in [4.69, 9.17) is 23.2 Å². The highest BCUT2D eigenvalue weighted by Crippen LogP contribution is 2.35. The Hall–Kier alpha value is -1.17. The van der Waals surface area contributed by atoms with Crippen molar-refractivity contribution in [3.63, 3.8) is 0 Å². The normalized spacial score (nSPS) is 10.5. The van der Waals surface area contributed by atoms with Gasteiger partial charge in [0, 0.05) is 12.2 Å². The van der Waals surface area contributed by atoms with Gasteiger partial charge in [-0.1, -0.05) is 23.8 Å². The quantitative estimate of drug-likeness (QED) is 0.397. The van der Waals surface area contributed by atoms with Crippen molar-refractivity contribution < 1.29 is 4.39 Å². The van der Waals surface area contributed by atoms with Crippen LogP contribution in [0.25, 0.3) is 0 Å². The minimum absolute atomic E-state index is 0.0343. The number of hydrogen-bond donors (Lipinski definition) is 0. The fourth-order valence-corrected chi connectivity index (χ4v) is 2.51. The van der Waals surface area contributed by atoms with Crippen molar-refractivity contribution in [1.82, 2.24) is 9.97 Å². The van der Waals surface area contributed by atoms with E-state index >= 15 is 0 Å². The van der Waals surface area contributed by atoms with Crippen LogP contribution in [0.1, 0.15) is 6.92 Å². The molecule has 0 atom stereocenters. The van der Waals surface area contributed by atoms with Gasteiger partial charge >= 0.3 is 0 Å². The van der Waals surface area contributed by atoms with Gasteiger partial charge in [0.25, 0.3) is 0 Å². The summed E-state index contributed by atoms with van der Waals surface area (Å²) >= 11 is 15.3. The average molecular weight is 391 g/mol. The van der Waals surface area contributed by atoms with Gasteiger partial charge in [0.05, 0.1) is 4.47 Å². The molecule has 0 radical (unpaired) electrons. The SMILES string of the molecule is C=C(C)CN(c1ccc(F)cc1)c1nc(Cl)nc(Cl)c1Br. The maximum Gasteiger partial charge on any atom is 0.225 e. The Morgan fingerprint density at radius 1 is 1.29 bits per heavy atom. The molecule has 0 fully saturated rings. The van der Waals surface area contributed by atoms with E-state index in [1.54, 1.807) is 12.1 Å². The lowest BCUT2D eigenvalue weighted by atomic mass is 10.2. The summed E-state index contributed by atoms with van der Waals surface area (Å²) in [7, 11) is 0. The molecule has 1 aromatic carbocycles. The van der Waals surface area contributed by atoms with E-state index < -0.39 is 0 Å². The Bertz CT molecular complexity index is 677. The Morgan fingerprint density at radius 2 is 1.90 bits per heavy atom. The molecule has 0 aliphatic carbocycles. The van der Waals surface area contributed by atoms with E-state index in [1.807, 2.05) is 11.8 Å². The summed E-state index contributed by atoms with van der Waals surface area (Å²) in [6, 6.07) is 6.04. The molecule has 0 bridgehead atoms. The molecule has 7 heteroatoms. The number of halogens is 4. The van der Waals surface area contributed by atoms with Crippen LogP contribution in [0.3, 0.4) is 0 Å². The van der Waals surface area contributed by atoms with Crippen molar-refractivity contribution in [3.05, 3.63) is 57.1 Å². The summed E-state index contributed by atoms with van der Waals surface area (Å²) in [6.45, 7) is 6.26. The third-order valence-corrected chi connectivity index (χ3v) is 3.99. The van der Waals surface area contributed by atoms with Crippen LogP contribution in [0.2, 0.25) is 10.4 Å². The summed E-state index contributed by atoms with van der Waals surface area (Å²) in [6.07, 6.45) is 0. The second-order valence-electron chi connectivity index (χ2n) is 4.44. The molecule has 0 amide bonds. The molecule has 110 valence electrons. The van der Waals surface area contributed by atoms with Gasteiger partial charge in [-0.05, 0) is 58.7 Å². The minimum atomic E-state index is -0.313. The number of benzene rings is 1. The van der Waals surface area contributed by atoms with Crippen LogP contribution in [0.15, 0.2) is 40.9 Å². The number of hydrogen-bond acceptors (Lipinski definition) is 3. The molecule has 0 spiro atoms. The van der Waals surface area contributed by atoms with Crippen molar-refractivity contribution in [2.75, 3.05) is 11.4 Å². The van der Waals surface area contributed by atoms with Crippen LogP contribution in [-0.4, -0.2) is 16.5 Å². The first-order valence-electron chi connectivity index (χ1n) is 5.94. The van der Waals surface area contributed by atoms with Gasteiger partial charge in [0.1, 0.15) is 11.0 Å². The molecule has 0 aliphatic heterocycles. The van der Waals surface area contributed by atoms with Gasteiger partial charge in [-0.15, -0.1) is 0 Å². The fraction of sp³-hybridized carbons (Fsp3) is 0.143. The average Bonchev–Trinajstić information content (AvgIpc) is 2.41. The number of aromatic nitrogens is 2. The molecule has 2 aromatic rings. The summed E-state index contributed by atoms with van der Waals surface area (Å²) in [5.74, 6) is 0.182. The van der Waals surface area contributed by atoms with Gasteiger partial charge in [-0.3, -0.25) is 0 Å². The van der Waals surface area contributed by atoms with Crippen molar-refractivity contribution in [1.29, 1.82) is 0 Å². The smallest absolute Gasteiger partial charge is 0.225 e. The summed E-state index contributed by atoms with van der Waals surface area (Å²) in [5, 5.41) is 0.242. The summed E-state index contributed by atoms with van der Waals surface area (Å²) in [5.41, 5.74) is 1.64.